The fourth-order valence-electron chi connectivity index (χ4n) is 2.92. The van der Waals surface area contributed by atoms with Crippen LogP contribution in [0.25, 0.3) is 29.9 Å². The Morgan fingerprint density at radius 2 is 1.11 bits per heavy atom. The molecule has 0 aliphatic rings. The van der Waals surface area contributed by atoms with Crippen molar-refractivity contribution in [3.05, 3.63) is 36.4 Å². The van der Waals surface area contributed by atoms with Crippen LogP contribution in [0.3, 0.4) is 0 Å². The molecule has 8 heteroatoms. The largest absolute Gasteiger partial charge is 1.00 e. The Labute approximate surface area is 215 Å². The Kier molecular flexibility index (Phi) is 8.55. The first-order valence-corrected chi connectivity index (χ1v) is 9.98. The predicted octanol–water partition coefficient (Wildman–Crippen LogP) is -1.26. The van der Waals surface area contributed by atoms with E-state index < -0.39 is 0 Å². The second-order valence-corrected chi connectivity index (χ2v) is 7.81. The SMILES string of the molecule is CCOc1ccc2c([O-])c(-c3sc4cc(OCC)ccc4c3[O-])sc2c1.[Na+].[Na+]. The van der Waals surface area contributed by atoms with Gasteiger partial charge in [-0.15, -0.1) is 22.7 Å². The van der Waals surface area contributed by atoms with Crippen LogP contribution in [0.15, 0.2) is 36.4 Å². The van der Waals surface area contributed by atoms with Crippen LogP contribution in [0.1, 0.15) is 13.8 Å². The fourth-order valence-corrected chi connectivity index (χ4v) is 5.28. The van der Waals surface area contributed by atoms with Crippen LogP contribution in [0.2, 0.25) is 0 Å². The number of fused-ring (bicyclic) bond motifs is 2. The van der Waals surface area contributed by atoms with E-state index in [-0.39, 0.29) is 70.6 Å². The average Bonchev–Trinajstić information content (AvgIpc) is 3.12. The van der Waals surface area contributed by atoms with Crippen LogP contribution in [-0.2, 0) is 0 Å². The maximum atomic E-state index is 12.8. The molecule has 0 N–H and O–H groups in total. The molecule has 2 aromatic carbocycles. The molecule has 2 aromatic heterocycles. The first-order chi connectivity index (χ1) is 12.6. The first kappa shape index (κ1) is 23.8. The molecule has 0 bridgehead atoms. The molecule has 0 saturated heterocycles. The van der Waals surface area contributed by atoms with Gasteiger partial charge in [0.15, 0.2) is 0 Å². The molecule has 0 radical (unpaired) electrons. The third kappa shape index (κ3) is 4.35. The standard InChI is InChI=1S/C20H18O4S2.2Na/c1-3-23-11-5-7-13-15(9-11)25-19(17(13)21)20-18(22)14-8-6-12(24-4-2)10-16(14)26-20;;/h5-10,21-22H,3-4H2,1-2H3;;/q;2*+1/p-2. The molecule has 4 aromatic rings. The van der Waals surface area contributed by atoms with Gasteiger partial charge in [-0.1, -0.05) is 23.6 Å². The molecule has 0 aliphatic carbocycles. The van der Waals surface area contributed by atoms with E-state index in [0.717, 1.165) is 20.9 Å². The zero-order valence-corrected chi connectivity index (χ0v) is 22.0. The van der Waals surface area contributed by atoms with Crippen molar-refractivity contribution in [2.45, 2.75) is 13.8 Å². The summed E-state index contributed by atoms with van der Waals surface area (Å²) < 4.78 is 12.7. The van der Waals surface area contributed by atoms with Crippen molar-refractivity contribution >= 4 is 42.8 Å². The number of benzene rings is 2. The van der Waals surface area contributed by atoms with Crippen LogP contribution < -0.4 is 78.8 Å². The van der Waals surface area contributed by atoms with Gasteiger partial charge in [0.2, 0.25) is 0 Å². The third-order valence-corrected chi connectivity index (χ3v) is 6.49. The van der Waals surface area contributed by atoms with Gasteiger partial charge in [-0.2, -0.15) is 0 Å². The normalized spacial score (nSPS) is 10.5. The van der Waals surface area contributed by atoms with Gasteiger partial charge in [-0.25, -0.2) is 0 Å². The van der Waals surface area contributed by atoms with Gasteiger partial charge in [-0.3, -0.25) is 0 Å². The molecule has 0 atom stereocenters. The van der Waals surface area contributed by atoms with E-state index in [2.05, 4.69) is 0 Å². The van der Waals surface area contributed by atoms with Gasteiger partial charge >= 0.3 is 59.1 Å². The molecule has 134 valence electrons. The first-order valence-electron chi connectivity index (χ1n) is 8.35. The molecule has 0 amide bonds. The summed E-state index contributed by atoms with van der Waals surface area (Å²) in [6, 6.07) is 10.8. The van der Waals surface area contributed by atoms with E-state index in [0.29, 0.717) is 33.7 Å². The Balaban J connectivity index is 0.00000140. The van der Waals surface area contributed by atoms with Gasteiger partial charge < -0.3 is 19.7 Å². The third-order valence-electron chi connectivity index (χ3n) is 4.06. The van der Waals surface area contributed by atoms with Crippen LogP contribution in [0.5, 0.6) is 23.0 Å². The summed E-state index contributed by atoms with van der Waals surface area (Å²) in [4.78, 5) is 0.996. The fraction of sp³-hybridized carbons (Fsp3) is 0.200. The maximum Gasteiger partial charge on any atom is 1.00 e. The minimum Gasteiger partial charge on any atom is -0.871 e. The number of rotatable bonds is 5. The smallest absolute Gasteiger partial charge is 0.871 e. The molecule has 0 spiro atoms. The van der Waals surface area contributed by atoms with E-state index in [1.54, 1.807) is 24.3 Å². The Bertz CT molecular complexity index is 1020. The summed E-state index contributed by atoms with van der Waals surface area (Å²) in [5.41, 5.74) is 0. The number of hydrogen-bond donors (Lipinski definition) is 0. The van der Waals surface area contributed by atoms with E-state index in [1.807, 2.05) is 26.0 Å². The topological polar surface area (TPSA) is 64.6 Å². The van der Waals surface area contributed by atoms with Gasteiger partial charge in [-0.05, 0) is 48.9 Å². The number of ether oxygens (including phenoxy) is 2. The van der Waals surface area contributed by atoms with Gasteiger partial charge in [0.1, 0.15) is 11.5 Å². The molecule has 0 unspecified atom stereocenters. The Hall–Kier alpha value is -0.440. The van der Waals surface area contributed by atoms with Crippen molar-refractivity contribution in [2.75, 3.05) is 13.2 Å². The molecule has 0 saturated carbocycles. The Morgan fingerprint density at radius 1 is 0.714 bits per heavy atom. The summed E-state index contributed by atoms with van der Waals surface area (Å²) in [6.45, 7) is 4.97. The van der Waals surface area contributed by atoms with Crippen molar-refractivity contribution < 1.29 is 78.8 Å². The van der Waals surface area contributed by atoms with Crippen LogP contribution in [-0.4, -0.2) is 13.2 Å². The number of hydrogen-bond acceptors (Lipinski definition) is 6. The summed E-state index contributed by atoms with van der Waals surface area (Å²) in [7, 11) is 0. The van der Waals surface area contributed by atoms with E-state index in [9.17, 15) is 10.2 Å². The van der Waals surface area contributed by atoms with Crippen molar-refractivity contribution in [1.29, 1.82) is 0 Å². The van der Waals surface area contributed by atoms with Gasteiger partial charge in [0.05, 0.1) is 13.2 Å². The molecule has 0 fully saturated rings. The van der Waals surface area contributed by atoms with Crippen molar-refractivity contribution in [3.63, 3.8) is 0 Å². The van der Waals surface area contributed by atoms with Gasteiger partial charge in [0.25, 0.3) is 0 Å². The van der Waals surface area contributed by atoms with Crippen LogP contribution in [0, 0.1) is 0 Å². The predicted molar refractivity (Wildman–Crippen MR) is 104 cm³/mol. The molecule has 4 rings (SSSR count). The summed E-state index contributed by atoms with van der Waals surface area (Å²) >= 11 is 2.70. The summed E-state index contributed by atoms with van der Waals surface area (Å²) in [6.07, 6.45) is 0. The van der Waals surface area contributed by atoms with E-state index in [4.69, 9.17) is 9.47 Å². The second kappa shape index (κ2) is 10.0. The van der Waals surface area contributed by atoms with Gasteiger partial charge in [0, 0.05) is 19.2 Å². The zero-order chi connectivity index (χ0) is 18.3. The minimum atomic E-state index is -0.0956. The van der Waals surface area contributed by atoms with Crippen LogP contribution >= 0.6 is 22.7 Å². The molecular formula is C20H16Na2O4S2. The average molecular weight is 430 g/mol. The van der Waals surface area contributed by atoms with Crippen LogP contribution in [0.4, 0.5) is 0 Å². The zero-order valence-electron chi connectivity index (χ0n) is 16.3. The number of thiophene rings is 2. The molecule has 28 heavy (non-hydrogen) atoms. The summed E-state index contributed by atoms with van der Waals surface area (Å²) in [5, 5.41) is 26.9. The quantitative estimate of drug-likeness (QED) is 0.371. The molecular weight excluding hydrogens is 414 g/mol. The molecule has 4 nitrogen and oxygen atoms in total. The van der Waals surface area contributed by atoms with Crippen molar-refractivity contribution in [1.82, 2.24) is 0 Å². The Morgan fingerprint density at radius 3 is 1.46 bits per heavy atom. The monoisotopic (exact) mass is 430 g/mol. The van der Waals surface area contributed by atoms with Crippen molar-refractivity contribution in [2.24, 2.45) is 0 Å². The molecule has 2 heterocycles. The summed E-state index contributed by atoms with van der Waals surface area (Å²) in [5.74, 6) is 1.27. The van der Waals surface area contributed by atoms with E-state index in [1.165, 1.54) is 22.7 Å². The van der Waals surface area contributed by atoms with Crippen molar-refractivity contribution in [3.8, 4) is 32.8 Å². The van der Waals surface area contributed by atoms with E-state index >= 15 is 0 Å². The minimum absolute atomic E-state index is 0. The maximum absolute atomic E-state index is 12.8. The second-order valence-electron chi connectivity index (χ2n) is 5.70. The molecule has 0 aliphatic heterocycles.